The van der Waals surface area contributed by atoms with Gasteiger partial charge >= 0.3 is 0 Å². The average molecular weight is 408 g/mol. The summed E-state index contributed by atoms with van der Waals surface area (Å²) in [5.41, 5.74) is 2.64. The first-order chi connectivity index (χ1) is 14.2. The quantitative estimate of drug-likeness (QED) is 0.283. The van der Waals surface area contributed by atoms with Crippen molar-refractivity contribution in [3.8, 4) is 11.8 Å². The van der Waals surface area contributed by atoms with Gasteiger partial charge in [0, 0.05) is 11.1 Å². The van der Waals surface area contributed by atoms with Gasteiger partial charge in [0.05, 0.1) is 12.2 Å². The van der Waals surface area contributed by atoms with Gasteiger partial charge in [0.25, 0.3) is 11.8 Å². The molecule has 30 heavy (non-hydrogen) atoms. The summed E-state index contributed by atoms with van der Waals surface area (Å²) in [5.74, 6) is 4.37. The molecule has 156 valence electrons. The fourth-order valence-corrected chi connectivity index (χ4v) is 2.54. The van der Waals surface area contributed by atoms with Crippen LogP contribution in [0.4, 0.5) is 0 Å². The maximum absolute atomic E-state index is 12.3. The number of carbonyl (C=O) groups excluding carboxylic acids is 2. The molecule has 0 fully saturated rings. The number of allylic oxidation sites excluding steroid dienone is 1. The lowest BCUT2D eigenvalue weighted by molar-refractivity contribution is -0.136. The molecule has 2 aromatic carbocycles. The molecule has 7 nitrogen and oxygen atoms in total. The number of carbonyl (C=O) groups is 2. The minimum Gasteiger partial charge on any atom is -0.392 e. The molecule has 0 aliphatic heterocycles. The minimum absolute atomic E-state index is 0.00483. The van der Waals surface area contributed by atoms with Crippen molar-refractivity contribution in [3.05, 3.63) is 76.9 Å². The third-order valence-corrected chi connectivity index (χ3v) is 4.24. The summed E-state index contributed by atoms with van der Waals surface area (Å²) in [6.07, 6.45) is 3.55. The van der Waals surface area contributed by atoms with Crippen molar-refractivity contribution in [3.63, 3.8) is 0 Å². The third-order valence-electron chi connectivity index (χ3n) is 4.24. The van der Waals surface area contributed by atoms with Crippen molar-refractivity contribution < 1.29 is 25.0 Å². The molecule has 0 aromatic heterocycles. The van der Waals surface area contributed by atoms with Gasteiger partial charge in [0.15, 0.2) is 0 Å². The van der Waals surface area contributed by atoms with Crippen LogP contribution in [0.25, 0.3) is 6.08 Å². The summed E-state index contributed by atoms with van der Waals surface area (Å²) < 4.78 is 0. The standard InChI is InChI=1S/C23H24N2O5/c1-23(2,29)20(22(28)25-30)24-21(27)19-13-11-17(12-14-19)6-4-3-5-16-7-9-18(15-26)10-8-16/h3,5,7-14,20,26,29-30H,15H2,1-2H3,(H,24,27)(H,25,28)/b5-3+/t20-/m1/s1. The van der Waals surface area contributed by atoms with Gasteiger partial charge in [-0.2, -0.15) is 0 Å². The first-order valence-corrected chi connectivity index (χ1v) is 9.19. The third kappa shape index (κ3) is 6.57. The first-order valence-electron chi connectivity index (χ1n) is 9.19. The first kappa shape index (κ1) is 22.8. The number of nitrogens with one attached hydrogen (secondary N) is 2. The summed E-state index contributed by atoms with van der Waals surface area (Å²) in [6.45, 7) is 2.70. The predicted molar refractivity (Wildman–Crippen MR) is 112 cm³/mol. The maximum atomic E-state index is 12.3. The van der Waals surface area contributed by atoms with Gasteiger partial charge in [-0.1, -0.05) is 36.1 Å². The lowest BCUT2D eigenvalue weighted by Crippen LogP contribution is -2.57. The monoisotopic (exact) mass is 408 g/mol. The van der Waals surface area contributed by atoms with E-state index in [1.807, 2.05) is 30.3 Å². The van der Waals surface area contributed by atoms with Gasteiger partial charge in [0.1, 0.15) is 6.04 Å². The zero-order chi connectivity index (χ0) is 22.1. The van der Waals surface area contributed by atoms with Crippen molar-refractivity contribution >= 4 is 17.9 Å². The zero-order valence-corrected chi connectivity index (χ0v) is 16.7. The topological polar surface area (TPSA) is 119 Å². The van der Waals surface area contributed by atoms with E-state index in [-0.39, 0.29) is 12.2 Å². The van der Waals surface area contributed by atoms with Gasteiger partial charge in [0.2, 0.25) is 0 Å². The number of amides is 2. The van der Waals surface area contributed by atoms with Crippen molar-refractivity contribution in [1.29, 1.82) is 0 Å². The Labute approximate surface area is 175 Å². The Hall–Kier alpha value is -3.44. The Bertz CT molecular complexity index is 962. The highest BCUT2D eigenvalue weighted by Crippen LogP contribution is 2.11. The van der Waals surface area contributed by atoms with Gasteiger partial charge in [-0.05, 0) is 61.4 Å². The molecule has 2 amide bonds. The van der Waals surface area contributed by atoms with Crippen molar-refractivity contribution in [2.45, 2.75) is 32.1 Å². The SMILES string of the molecule is CC(C)(O)[C@H](NC(=O)c1ccc(C#C/C=C/c2ccc(CO)cc2)cc1)C(=O)NO. The molecule has 5 N–H and O–H groups in total. The van der Waals surface area contributed by atoms with Crippen LogP contribution in [0.2, 0.25) is 0 Å². The number of hydrogen-bond donors (Lipinski definition) is 5. The number of aliphatic hydroxyl groups excluding tert-OH is 1. The van der Waals surface area contributed by atoms with Crippen LogP contribution in [0.3, 0.4) is 0 Å². The lowest BCUT2D eigenvalue weighted by Gasteiger charge is -2.28. The van der Waals surface area contributed by atoms with E-state index >= 15 is 0 Å². The number of hydroxylamine groups is 1. The molecule has 0 radical (unpaired) electrons. The number of aliphatic hydroxyl groups is 2. The number of hydrogen-bond acceptors (Lipinski definition) is 5. The highest BCUT2D eigenvalue weighted by molar-refractivity contribution is 5.97. The van der Waals surface area contributed by atoms with Crippen molar-refractivity contribution in [1.82, 2.24) is 10.8 Å². The van der Waals surface area contributed by atoms with Gasteiger partial charge in [-0.3, -0.25) is 14.8 Å². The largest absolute Gasteiger partial charge is 0.392 e. The van der Waals surface area contributed by atoms with Gasteiger partial charge < -0.3 is 15.5 Å². The second kappa shape index (κ2) is 10.4. The molecule has 0 unspecified atom stereocenters. The van der Waals surface area contributed by atoms with Crippen LogP contribution < -0.4 is 10.8 Å². The molecule has 2 aromatic rings. The molecular weight excluding hydrogens is 384 g/mol. The second-order valence-corrected chi connectivity index (χ2v) is 7.12. The maximum Gasteiger partial charge on any atom is 0.268 e. The Morgan fingerprint density at radius 2 is 1.73 bits per heavy atom. The van der Waals surface area contributed by atoms with Crippen LogP contribution in [-0.2, 0) is 11.4 Å². The predicted octanol–water partition coefficient (Wildman–Crippen LogP) is 1.62. The Kier molecular flexibility index (Phi) is 7.90. The smallest absolute Gasteiger partial charge is 0.268 e. The highest BCUT2D eigenvalue weighted by Gasteiger charge is 2.34. The van der Waals surface area contributed by atoms with E-state index in [9.17, 15) is 14.7 Å². The fraction of sp³-hybridized carbons (Fsp3) is 0.217. The van der Waals surface area contributed by atoms with Crippen molar-refractivity contribution in [2.24, 2.45) is 0 Å². The summed E-state index contributed by atoms with van der Waals surface area (Å²) in [4.78, 5) is 24.0. The van der Waals surface area contributed by atoms with Crippen LogP contribution in [0.15, 0.2) is 54.6 Å². The lowest BCUT2D eigenvalue weighted by atomic mass is 9.97. The van der Waals surface area contributed by atoms with Crippen LogP contribution >= 0.6 is 0 Å². The highest BCUT2D eigenvalue weighted by atomic mass is 16.5. The summed E-state index contributed by atoms with van der Waals surface area (Å²) >= 11 is 0. The van der Waals surface area contributed by atoms with Crippen LogP contribution in [0.1, 0.15) is 40.9 Å². The molecule has 0 saturated carbocycles. The Morgan fingerprint density at radius 3 is 2.27 bits per heavy atom. The summed E-state index contributed by atoms with van der Waals surface area (Å²) in [6, 6.07) is 12.5. The number of rotatable bonds is 6. The Morgan fingerprint density at radius 1 is 1.10 bits per heavy atom. The van der Waals surface area contributed by atoms with Crippen molar-refractivity contribution in [2.75, 3.05) is 0 Å². The Balaban J connectivity index is 2.02. The molecule has 0 aliphatic carbocycles. The molecule has 7 heteroatoms. The van der Waals surface area contributed by atoms with Crippen LogP contribution in [0, 0.1) is 11.8 Å². The average Bonchev–Trinajstić information content (AvgIpc) is 2.74. The molecule has 0 spiro atoms. The summed E-state index contributed by atoms with van der Waals surface area (Å²) in [5, 5.41) is 30.3. The van der Waals surface area contributed by atoms with E-state index in [2.05, 4.69) is 17.2 Å². The van der Waals surface area contributed by atoms with E-state index in [0.717, 1.165) is 11.1 Å². The fourth-order valence-electron chi connectivity index (χ4n) is 2.54. The summed E-state index contributed by atoms with van der Waals surface area (Å²) in [7, 11) is 0. The molecule has 0 saturated heterocycles. The molecule has 1 atom stereocenters. The van der Waals surface area contributed by atoms with E-state index in [1.165, 1.54) is 19.3 Å². The van der Waals surface area contributed by atoms with Gasteiger partial charge in [-0.15, -0.1) is 0 Å². The molecule has 0 aliphatic rings. The van der Waals surface area contributed by atoms with Crippen LogP contribution in [-0.4, -0.2) is 38.9 Å². The zero-order valence-electron chi connectivity index (χ0n) is 16.7. The normalized spacial score (nSPS) is 12.0. The van der Waals surface area contributed by atoms with E-state index in [1.54, 1.807) is 30.3 Å². The molecular formula is C23H24N2O5. The molecule has 0 heterocycles. The van der Waals surface area contributed by atoms with Gasteiger partial charge in [-0.25, -0.2) is 5.48 Å². The minimum atomic E-state index is -1.57. The number of benzene rings is 2. The molecule has 2 rings (SSSR count). The molecule has 0 bridgehead atoms. The van der Waals surface area contributed by atoms with Crippen LogP contribution in [0.5, 0.6) is 0 Å². The van der Waals surface area contributed by atoms with E-state index < -0.39 is 23.5 Å². The van der Waals surface area contributed by atoms with E-state index in [0.29, 0.717) is 5.56 Å². The van der Waals surface area contributed by atoms with E-state index in [4.69, 9.17) is 10.3 Å². The second-order valence-electron chi connectivity index (χ2n) is 7.12.